The summed E-state index contributed by atoms with van der Waals surface area (Å²) < 4.78 is 5.07. The van der Waals surface area contributed by atoms with Gasteiger partial charge in [-0.25, -0.2) is 10.4 Å². The lowest BCUT2D eigenvalue weighted by Crippen LogP contribution is -2.47. The van der Waals surface area contributed by atoms with Gasteiger partial charge < -0.3 is 4.74 Å². The molecule has 0 aromatic heterocycles. The molecule has 1 aliphatic rings. The topological polar surface area (TPSA) is 108 Å². The van der Waals surface area contributed by atoms with Crippen molar-refractivity contribution in [3.8, 4) is 5.75 Å². The number of methoxy groups -OCH3 is 1. The zero-order valence-corrected chi connectivity index (χ0v) is 15.8. The first kappa shape index (κ1) is 19.9. The average Bonchev–Trinajstić information content (AvgIpc) is 3.00. The molecule has 3 amide bonds. The van der Waals surface area contributed by atoms with E-state index in [0.29, 0.717) is 11.4 Å². The Kier molecular flexibility index (Phi) is 5.79. The van der Waals surface area contributed by atoms with E-state index >= 15 is 0 Å². The van der Waals surface area contributed by atoms with Gasteiger partial charge in [-0.15, -0.1) is 0 Å². The molecule has 0 unspecified atom stereocenters. The van der Waals surface area contributed by atoms with Crippen molar-refractivity contribution in [2.24, 2.45) is 5.10 Å². The second-order valence-corrected chi connectivity index (χ2v) is 5.94. The van der Waals surface area contributed by atoms with Gasteiger partial charge in [0.2, 0.25) is 5.78 Å². The highest BCUT2D eigenvalue weighted by atomic mass is 16.5. The number of amides is 3. The number of Topliss-reactive ketones (excluding diaryl/α,β-unsaturated/α-hetero) is 1. The van der Waals surface area contributed by atoms with E-state index < -0.39 is 30.0 Å². The number of benzene rings is 2. The first-order valence-corrected chi connectivity index (χ1v) is 8.69. The number of carbonyl (C=O) groups excluding carboxylic acids is 4. The van der Waals surface area contributed by atoms with Crippen LogP contribution in [0.3, 0.4) is 0 Å². The third-order valence-electron chi connectivity index (χ3n) is 4.17. The fourth-order valence-corrected chi connectivity index (χ4v) is 2.75. The maximum absolute atomic E-state index is 12.6. The number of hydrazone groups is 1. The van der Waals surface area contributed by atoms with Gasteiger partial charge in [-0.1, -0.05) is 12.1 Å². The standard InChI is InChI=1S/C20H18N4O5/c1-3-21-23(13-8-10-14(29-2)11-9-13)20(28)17(25)12-22-24-18(26)15-6-4-5-7-16(15)19(24)27/h3-11,22H,12H2,1-2H3. The summed E-state index contributed by atoms with van der Waals surface area (Å²) in [5.74, 6) is -2.37. The summed E-state index contributed by atoms with van der Waals surface area (Å²) in [5, 5.41) is 5.60. The zero-order chi connectivity index (χ0) is 21.0. The van der Waals surface area contributed by atoms with E-state index in [-0.39, 0.29) is 11.1 Å². The molecule has 0 fully saturated rings. The lowest BCUT2D eigenvalue weighted by Gasteiger charge is -2.18. The molecule has 2 aromatic rings. The van der Waals surface area contributed by atoms with Gasteiger partial charge in [0.1, 0.15) is 5.75 Å². The summed E-state index contributed by atoms with van der Waals surface area (Å²) in [5.41, 5.74) is 3.28. The van der Waals surface area contributed by atoms with Crippen molar-refractivity contribution < 1.29 is 23.9 Å². The fourth-order valence-electron chi connectivity index (χ4n) is 2.75. The van der Waals surface area contributed by atoms with E-state index in [1.807, 2.05) is 0 Å². The Morgan fingerprint density at radius 2 is 1.66 bits per heavy atom. The second kappa shape index (κ2) is 8.44. The molecule has 1 aliphatic heterocycles. The largest absolute Gasteiger partial charge is 0.497 e. The lowest BCUT2D eigenvalue weighted by atomic mass is 10.1. The molecular formula is C20H18N4O5. The molecule has 0 saturated heterocycles. The normalized spacial score (nSPS) is 13.0. The minimum Gasteiger partial charge on any atom is -0.497 e. The van der Waals surface area contributed by atoms with Crippen LogP contribution in [0, 0.1) is 0 Å². The van der Waals surface area contributed by atoms with Crippen molar-refractivity contribution >= 4 is 35.4 Å². The molecule has 9 nitrogen and oxygen atoms in total. The number of hydrogen-bond acceptors (Lipinski definition) is 7. The summed E-state index contributed by atoms with van der Waals surface area (Å²) in [6, 6.07) is 12.7. The summed E-state index contributed by atoms with van der Waals surface area (Å²) in [7, 11) is 1.51. The van der Waals surface area contributed by atoms with Crippen molar-refractivity contribution in [2.45, 2.75) is 6.92 Å². The smallest absolute Gasteiger partial charge is 0.316 e. The minimum atomic E-state index is -0.919. The molecule has 148 valence electrons. The third kappa shape index (κ3) is 3.90. The van der Waals surface area contributed by atoms with Crippen LogP contribution in [0.5, 0.6) is 5.75 Å². The first-order chi connectivity index (χ1) is 14.0. The SMILES string of the molecule is CC=NN(C(=O)C(=O)CNN1C(=O)c2ccccc2C1=O)c1ccc(OC)cc1. The van der Waals surface area contributed by atoms with Crippen LogP contribution >= 0.6 is 0 Å². The van der Waals surface area contributed by atoms with Crippen molar-refractivity contribution in [3.63, 3.8) is 0 Å². The molecule has 9 heteroatoms. The third-order valence-corrected chi connectivity index (χ3v) is 4.17. The van der Waals surface area contributed by atoms with Crippen molar-refractivity contribution in [1.82, 2.24) is 10.4 Å². The molecule has 0 radical (unpaired) electrons. The van der Waals surface area contributed by atoms with Gasteiger partial charge in [-0.05, 0) is 43.3 Å². The molecular weight excluding hydrogens is 376 g/mol. The Morgan fingerprint density at radius 1 is 1.07 bits per heavy atom. The van der Waals surface area contributed by atoms with Crippen LogP contribution < -0.4 is 15.2 Å². The van der Waals surface area contributed by atoms with E-state index in [4.69, 9.17) is 4.74 Å². The van der Waals surface area contributed by atoms with Crippen molar-refractivity contribution in [1.29, 1.82) is 0 Å². The maximum atomic E-state index is 12.6. The number of fused-ring (bicyclic) bond motifs is 1. The number of hydrazine groups is 1. The van der Waals surface area contributed by atoms with Crippen molar-refractivity contribution in [2.75, 3.05) is 18.7 Å². The number of ketones is 1. The van der Waals surface area contributed by atoms with Crippen LogP contribution in [0.25, 0.3) is 0 Å². The molecule has 1 N–H and O–H groups in total. The Balaban J connectivity index is 1.70. The number of imide groups is 1. The highest BCUT2D eigenvalue weighted by Gasteiger charge is 2.36. The summed E-state index contributed by atoms with van der Waals surface area (Å²) in [4.78, 5) is 49.6. The molecule has 29 heavy (non-hydrogen) atoms. The molecule has 0 bridgehead atoms. The van der Waals surface area contributed by atoms with Crippen LogP contribution in [0.15, 0.2) is 53.6 Å². The Morgan fingerprint density at radius 3 is 2.17 bits per heavy atom. The van der Waals surface area contributed by atoms with Crippen LogP contribution in [0.2, 0.25) is 0 Å². The first-order valence-electron chi connectivity index (χ1n) is 8.69. The molecule has 2 aromatic carbocycles. The summed E-state index contributed by atoms with van der Waals surface area (Å²) in [6.45, 7) is 1.06. The number of ether oxygens (including phenoxy) is 1. The summed E-state index contributed by atoms with van der Waals surface area (Å²) >= 11 is 0. The maximum Gasteiger partial charge on any atom is 0.316 e. The number of nitrogens with zero attached hydrogens (tertiary/aromatic N) is 3. The van der Waals surface area contributed by atoms with E-state index in [1.165, 1.54) is 25.5 Å². The number of rotatable bonds is 7. The number of nitrogens with one attached hydrogen (secondary N) is 1. The van der Waals surface area contributed by atoms with Gasteiger partial charge in [0.05, 0.1) is 30.5 Å². The van der Waals surface area contributed by atoms with Crippen LogP contribution in [-0.4, -0.2) is 48.4 Å². The quantitative estimate of drug-likeness (QED) is 0.329. The molecule has 0 saturated carbocycles. The number of carbonyl (C=O) groups is 4. The van der Waals surface area contributed by atoms with Crippen molar-refractivity contribution in [3.05, 3.63) is 59.7 Å². The summed E-state index contributed by atoms with van der Waals surface area (Å²) in [6.07, 6.45) is 1.37. The van der Waals surface area contributed by atoms with Crippen LogP contribution in [0.1, 0.15) is 27.6 Å². The van der Waals surface area contributed by atoms with Gasteiger partial charge >= 0.3 is 5.91 Å². The predicted molar refractivity (Wildman–Crippen MR) is 105 cm³/mol. The Hall–Kier alpha value is -3.85. The van der Waals surface area contributed by atoms with Gasteiger partial charge in [0.25, 0.3) is 11.8 Å². The molecule has 3 rings (SSSR count). The highest BCUT2D eigenvalue weighted by Crippen LogP contribution is 2.21. The molecule has 1 heterocycles. The van der Waals surface area contributed by atoms with Gasteiger partial charge in [0, 0.05) is 6.21 Å². The Bertz CT molecular complexity index is 965. The van der Waals surface area contributed by atoms with E-state index in [2.05, 4.69) is 10.5 Å². The fraction of sp³-hybridized carbons (Fsp3) is 0.150. The minimum absolute atomic E-state index is 0.235. The van der Waals surface area contributed by atoms with Gasteiger partial charge in [0.15, 0.2) is 0 Å². The molecule has 0 spiro atoms. The van der Waals surface area contributed by atoms with E-state index in [1.54, 1.807) is 43.3 Å². The highest BCUT2D eigenvalue weighted by molar-refractivity contribution is 6.42. The average molecular weight is 394 g/mol. The Labute approximate surface area is 166 Å². The molecule has 0 atom stereocenters. The van der Waals surface area contributed by atoms with Crippen LogP contribution in [0.4, 0.5) is 5.69 Å². The predicted octanol–water partition coefficient (Wildman–Crippen LogP) is 1.40. The number of anilines is 1. The van der Waals surface area contributed by atoms with E-state index in [0.717, 1.165) is 10.0 Å². The lowest BCUT2D eigenvalue weighted by molar-refractivity contribution is -0.136. The zero-order valence-electron chi connectivity index (χ0n) is 15.8. The monoisotopic (exact) mass is 394 g/mol. The van der Waals surface area contributed by atoms with Crippen LogP contribution in [-0.2, 0) is 9.59 Å². The second-order valence-electron chi connectivity index (χ2n) is 5.94. The van der Waals surface area contributed by atoms with Gasteiger partial charge in [-0.3, -0.25) is 19.2 Å². The molecule has 0 aliphatic carbocycles. The number of hydrogen-bond donors (Lipinski definition) is 1. The van der Waals surface area contributed by atoms with Gasteiger partial charge in [-0.2, -0.15) is 10.1 Å². The van der Waals surface area contributed by atoms with E-state index in [9.17, 15) is 19.2 Å².